The number of ether oxygens (including phenoxy) is 3. The number of fused-ring (bicyclic) bond motifs is 3. The van der Waals surface area contributed by atoms with E-state index in [-0.39, 0.29) is 17.5 Å². The Balaban J connectivity index is 1.35. The molecular weight excluding hydrogens is 510 g/mol. The lowest BCUT2D eigenvalue weighted by Crippen LogP contribution is -2.50. The van der Waals surface area contributed by atoms with E-state index in [4.69, 9.17) is 25.8 Å². The molecule has 0 unspecified atom stereocenters. The Morgan fingerprint density at radius 1 is 1.15 bits per heavy atom. The predicted molar refractivity (Wildman–Crippen MR) is 155 cm³/mol. The standard InChI is InChI=1S/C33H40ClNO4/c1-37-31(22-7-4-3-5-8-22)27-13-10-25(27)19-35-20-33(16-6-9-23-17-26(34)12-14-28(23)33)21-39-30-15-11-24(18-29(30)35)32(36)38-2/h4,7,11-12,14-15,17-18,22,25,27,31H,3,5-6,8-10,13,16,19-21H2,1-2H3/t22-,25+,27-,31+,33+/m1/s1. The van der Waals surface area contributed by atoms with Gasteiger partial charge in [-0.1, -0.05) is 29.8 Å². The average molecular weight is 550 g/mol. The number of hydrogen-bond acceptors (Lipinski definition) is 5. The number of halogens is 1. The SMILES string of the molecule is COC(=O)c1ccc2c(c1)N(C[C@@H]1CC[C@H]1[C@@H](OC)[C@@H]1C=CCCC1)C[C@@]1(CCCc3cc(Cl)ccc31)CO2. The molecule has 0 amide bonds. The van der Waals surface area contributed by atoms with Gasteiger partial charge in [0.2, 0.25) is 0 Å². The normalized spacial score (nSPS) is 28.5. The number of esters is 1. The van der Waals surface area contributed by atoms with Gasteiger partial charge in [-0.15, -0.1) is 0 Å². The lowest BCUT2D eigenvalue weighted by atomic mass is 9.66. The summed E-state index contributed by atoms with van der Waals surface area (Å²) in [6.45, 7) is 2.39. The third kappa shape index (κ3) is 5.09. The van der Waals surface area contributed by atoms with Crippen LogP contribution >= 0.6 is 11.6 Å². The molecule has 1 saturated carbocycles. The lowest BCUT2D eigenvalue weighted by Gasteiger charge is -2.47. The molecule has 0 N–H and O–H groups in total. The summed E-state index contributed by atoms with van der Waals surface area (Å²) in [5.41, 5.74) is 4.12. The molecule has 1 heterocycles. The maximum absolute atomic E-state index is 12.5. The van der Waals surface area contributed by atoms with Gasteiger partial charge in [-0.25, -0.2) is 4.79 Å². The van der Waals surface area contributed by atoms with Crippen molar-refractivity contribution in [1.29, 1.82) is 0 Å². The molecule has 1 aliphatic heterocycles. The largest absolute Gasteiger partial charge is 0.490 e. The summed E-state index contributed by atoms with van der Waals surface area (Å²) in [4.78, 5) is 15.0. The number of rotatable bonds is 6. The van der Waals surface area contributed by atoms with E-state index in [9.17, 15) is 4.79 Å². The van der Waals surface area contributed by atoms with E-state index < -0.39 is 0 Å². The van der Waals surface area contributed by atoms with Gasteiger partial charge in [0.25, 0.3) is 0 Å². The number of methoxy groups -OCH3 is 2. The van der Waals surface area contributed by atoms with Gasteiger partial charge < -0.3 is 19.1 Å². The van der Waals surface area contributed by atoms with Crippen molar-refractivity contribution in [2.24, 2.45) is 17.8 Å². The van der Waals surface area contributed by atoms with Crippen LogP contribution in [0.5, 0.6) is 5.75 Å². The molecule has 1 spiro atoms. The number of carbonyl (C=O) groups excluding carboxylic acids is 1. The van der Waals surface area contributed by atoms with Crippen LogP contribution < -0.4 is 9.64 Å². The molecule has 0 bridgehead atoms. The number of aryl methyl sites for hydroxylation is 1. The molecule has 2 aromatic carbocycles. The van der Waals surface area contributed by atoms with Crippen molar-refractivity contribution in [1.82, 2.24) is 0 Å². The maximum atomic E-state index is 12.5. The second kappa shape index (κ2) is 11.2. The molecule has 208 valence electrons. The minimum Gasteiger partial charge on any atom is -0.490 e. The van der Waals surface area contributed by atoms with Gasteiger partial charge in [0.05, 0.1) is 31.1 Å². The summed E-state index contributed by atoms with van der Waals surface area (Å²) in [5.74, 6) is 2.09. The number of anilines is 1. The fraction of sp³-hybridized carbons (Fsp3) is 0.545. The highest BCUT2D eigenvalue weighted by molar-refractivity contribution is 6.30. The van der Waals surface area contributed by atoms with Crippen LogP contribution in [0.1, 0.15) is 66.4 Å². The van der Waals surface area contributed by atoms with Crippen LogP contribution in [0.3, 0.4) is 0 Å². The van der Waals surface area contributed by atoms with Crippen LogP contribution in [0, 0.1) is 17.8 Å². The van der Waals surface area contributed by atoms with E-state index in [1.54, 1.807) is 0 Å². The zero-order valence-electron chi connectivity index (χ0n) is 23.2. The van der Waals surface area contributed by atoms with Gasteiger partial charge >= 0.3 is 5.97 Å². The maximum Gasteiger partial charge on any atom is 0.337 e. The first kappa shape index (κ1) is 26.7. The first-order valence-corrected chi connectivity index (χ1v) is 15.0. The van der Waals surface area contributed by atoms with E-state index in [1.165, 1.54) is 50.3 Å². The molecule has 1 fully saturated rings. The van der Waals surface area contributed by atoms with Gasteiger partial charge in [-0.2, -0.15) is 0 Å². The van der Waals surface area contributed by atoms with Gasteiger partial charge in [0, 0.05) is 36.6 Å². The summed E-state index contributed by atoms with van der Waals surface area (Å²) in [6.07, 6.45) is 14.3. The van der Waals surface area contributed by atoms with Crippen LogP contribution in [-0.2, 0) is 21.3 Å². The van der Waals surface area contributed by atoms with Gasteiger partial charge in [-0.3, -0.25) is 0 Å². The fourth-order valence-corrected chi connectivity index (χ4v) is 7.87. The van der Waals surface area contributed by atoms with E-state index >= 15 is 0 Å². The van der Waals surface area contributed by atoms with Gasteiger partial charge in [0.15, 0.2) is 0 Å². The molecule has 0 aromatic heterocycles. The summed E-state index contributed by atoms with van der Waals surface area (Å²) in [6, 6.07) is 12.1. The van der Waals surface area contributed by atoms with Crippen LogP contribution in [0.25, 0.3) is 0 Å². The Labute approximate surface area is 237 Å². The average Bonchev–Trinajstić information content (AvgIpc) is 3.10. The Bertz CT molecular complexity index is 1240. The lowest BCUT2D eigenvalue weighted by molar-refractivity contribution is -0.0426. The zero-order chi connectivity index (χ0) is 27.0. The van der Waals surface area contributed by atoms with Crippen LogP contribution in [0.15, 0.2) is 48.6 Å². The molecule has 3 aliphatic carbocycles. The van der Waals surface area contributed by atoms with Crippen LogP contribution in [-0.4, -0.2) is 46.0 Å². The number of nitrogens with zero attached hydrogens (tertiary/aromatic N) is 1. The molecule has 6 rings (SSSR count). The Morgan fingerprint density at radius 3 is 2.79 bits per heavy atom. The minimum absolute atomic E-state index is 0.130. The highest BCUT2D eigenvalue weighted by Crippen LogP contribution is 2.48. The Morgan fingerprint density at radius 2 is 2.05 bits per heavy atom. The molecule has 6 heteroatoms. The molecule has 39 heavy (non-hydrogen) atoms. The first-order valence-electron chi connectivity index (χ1n) is 14.6. The van der Waals surface area contributed by atoms with Gasteiger partial charge in [0.1, 0.15) is 5.75 Å². The highest BCUT2D eigenvalue weighted by Gasteiger charge is 2.45. The fourth-order valence-electron chi connectivity index (χ4n) is 7.68. The first-order chi connectivity index (χ1) is 19.0. The summed E-state index contributed by atoms with van der Waals surface area (Å²) in [5, 5.41) is 0.794. The molecule has 4 aliphatic rings. The van der Waals surface area contributed by atoms with Crippen molar-refractivity contribution in [3.8, 4) is 5.75 Å². The topological polar surface area (TPSA) is 48.0 Å². The van der Waals surface area contributed by atoms with Gasteiger partial charge in [-0.05, 0) is 105 Å². The third-order valence-corrected chi connectivity index (χ3v) is 10.0. The summed E-state index contributed by atoms with van der Waals surface area (Å²) < 4.78 is 17.8. The number of allylic oxidation sites excluding steroid dienone is 1. The van der Waals surface area contributed by atoms with E-state index in [1.807, 2.05) is 31.4 Å². The Hall–Kier alpha value is -2.50. The zero-order valence-corrected chi connectivity index (χ0v) is 23.9. The molecule has 2 aromatic rings. The van der Waals surface area contributed by atoms with E-state index in [0.29, 0.717) is 29.9 Å². The van der Waals surface area contributed by atoms with E-state index in [0.717, 1.165) is 48.8 Å². The summed E-state index contributed by atoms with van der Waals surface area (Å²) >= 11 is 6.42. The van der Waals surface area contributed by atoms with Crippen LogP contribution in [0.2, 0.25) is 5.02 Å². The summed E-state index contributed by atoms with van der Waals surface area (Å²) in [7, 11) is 3.32. The third-order valence-electron chi connectivity index (χ3n) is 9.80. The molecule has 0 saturated heterocycles. The molecule has 5 nitrogen and oxygen atoms in total. The Kier molecular flexibility index (Phi) is 7.65. The van der Waals surface area contributed by atoms with Crippen molar-refractivity contribution in [2.45, 2.75) is 62.9 Å². The van der Waals surface area contributed by atoms with Crippen molar-refractivity contribution in [3.05, 3.63) is 70.3 Å². The highest BCUT2D eigenvalue weighted by atomic mass is 35.5. The molecular formula is C33H40ClNO4. The minimum atomic E-state index is -0.320. The second-order valence-corrected chi connectivity index (χ2v) is 12.4. The smallest absolute Gasteiger partial charge is 0.337 e. The van der Waals surface area contributed by atoms with E-state index in [2.05, 4.69) is 29.2 Å². The number of carbonyl (C=O) groups is 1. The number of hydrogen-bond donors (Lipinski definition) is 0. The van der Waals surface area contributed by atoms with Crippen molar-refractivity contribution in [2.75, 3.05) is 38.8 Å². The quantitative estimate of drug-likeness (QED) is 0.287. The van der Waals surface area contributed by atoms with Crippen LogP contribution in [0.4, 0.5) is 5.69 Å². The second-order valence-electron chi connectivity index (χ2n) is 12.0. The monoisotopic (exact) mass is 549 g/mol. The molecule has 5 atom stereocenters. The predicted octanol–water partition coefficient (Wildman–Crippen LogP) is 7.00. The van der Waals surface area contributed by atoms with Crippen molar-refractivity contribution in [3.63, 3.8) is 0 Å². The van der Waals surface area contributed by atoms with Crippen molar-refractivity contribution >= 4 is 23.3 Å². The van der Waals surface area contributed by atoms with Crippen molar-refractivity contribution < 1.29 is 19.0 Å². The molecule has 0 radical (unpaired) electrons. The number of benzene rings is 2.